The Morgan fingerprint density at radius 2 is 1.89 bits per heavy atom. The van der Waals surface area contributed by atoms with E-state index >= 15 is 0 Å². The number of benzene rings is 1. The van der Waals surface area contributed by atoms with Gasteiger partial charge in [0, 0.05) is 24.9 Å². The third-order valence-corrected chi connectivity index (χ3v) is 6.46. The van der Waals surface area contributed by atoms with E-state index in [9.17, 15) is 18.0 Å². The van der Waals surface area contributed by atoms with Gasteiger partial charge in [0.05, 0.1) is 12.7 Å². The molecule has 0 atom stereocenters. The van der Waals surface area contributed by atoms with Gasteiger partial charge in [-0.2, -0.15) is 18.2 Å². The Labute approximate surface area is 224 Å². The van der Waals surface area contributed by atoms with Gasteiger partial charge >= 0.3 is 6.18 Å². The maximum absolute atomic E-state index is 12.7. The molecule has 0 unspecified atom stereocenters. The summed E-state index contributed by atoms with van der Waals surface area (Å²) < 4.78 is 38.0. The molecule has 9 nitrogen and oxygen atoms in total. The first kappa shape index (κ1) is 29.2. The van der Waals surface area contributed by atoms with Gasteiger partial charge in [0.2, 0.25) is 11.9 Å². The molecule has 1 aliphatic heterocycles. The van der Waals surface area contributed by atoms with Crippen molar-refractivity contribution in [3.63, 3.8) is 0 Å². The lowest BCUT2D eigenvalue weighted by molar-refractivity contribution is -0.132. The molecular formula is C25H32ClF3N8O. The van der Waals surface area contributed by atoms with Crippen molar-refractivity contribution in [3.05, 3.63) is 51.8 Å². The minimum Gasteiger partial charge on any atom is -0.395 e. The van der Waals surface area contributed by atoms with Crippen molar-refractivity contribution in [2.45, 2.75) is 38.8 Å². The van der Waals surface area contributed by atoms with Crippen molar-refractivity contribution in [1.82, 2.24) is 19.8 Å². The molecule has 1 aromatic heterocycles. The lowest BCUT2D eigenvalue weighted by atomic mass is 9.85. The summed E-state index contributed by atoms with van der Waals surface area (Å²) in [5.74, 6) is 0.0385. The molecule has 0 spiro atoms. The molecule has 2 aromatic rings. The van der Waals surface area contributed by atoms with Crippen molar-refractivity contribution in [3.8, 4) is 0 Å². The van der Waals surface area contributed by atoms with Gasteiger partial charge in [-0.1, -0.05) is 17.7 Å². The third-order valence-electron chi connectivity index (χ3n) is 6.19. The highest BCUT2D eigenvalue weighted by molar-refractivity contribution is 6.32. The molecule has 1 fully saturated rings. The van der Waals surface area contributed by atoms with E-state index in [1.54, 1.807) is 0 Å². The monoisotopic (exact) mass is 552 g/mol. The van der Waals surface area contributed by atoms with Gasteiger partial charge in [0.1, 0.15) is 16.6 Å². The molecule has 0 bridgehead atoms. The number of hydrogen-bond acceptors (Lipinski definition) is 7. The highest BCUT2D eigenvalue weighted by atomic mass is 35.5. The third kappa shape index (κ3) is 7.57. The maximum atomic E-state index is 12.7. The van der Waals surface area contributed by atoms with E-state index in [1.165, 1.54) is 11.8 Å². The van der Waals surface area contributed by atoms with Crippen molar-refractivity contribution in [1.29, 1.82) is 0 Å². The number of likely N-dealkylation sites (tertiary alicyclic amines) is 1. The molecule has 1 aromatic carbocycles. The second-order valence-corrected chi connectivity index (χ2v) is 9.95. The van der Waals surface area contributed by atoms with Crippen LogP contribution in [0.2, 0.25) is 5.02 Å². The predicted octanol–water partition coefficient (Wildman–Crippen LogP) is 4.15. The van der Waals surface area contributed by atoms with Crippen LogP contribution in [0.15, 0.2) is 35.1 Å². The Balaban J connectivity index is 1.75. The number of piperidine rings is 1. The average Bonchev–Trinajstić information content (AvgIpc) is 2.82. The highest BCUT2D eigenvalue weighted by Crippen LogP contribution is 2.34. The number of rotatable bonds is 7. The smallest absolute Gasteiger partial charge is 0.395 e. The number of likely N-dealkylation sites (N-methyl/N-ethyl adjacent to an activating group) is 1. The van der Waals surface area contributed by atoms with Gasteiger partial charge in [-0.3, -0.25) is 4.79 Å². The fraction of sp³-hybridized carbons (Fsp3) is 0.440. The fourth-order valence-electron chi connectivity index (χ4n) is 4.24. The van der Waals surface area contributed by atoms with E-state index in [0.717, 1.165) is 42.7 Å². The summed E-state index contributed by atoms with van der Waals surface area (Å²) in [7, 11) is 3.77. The number of allylic oxidation sites excluding steroid dienone is 1. The van der Waals surface area contributed by atoms with Crippen molar-refractivity contribution >= 4 is 40.8 Å². The maximum Gasteiger partial charge on any atom is 0.430 e. The minimum atomic E-state index is -4.73. The number of aliphatic imine (C=N–C) groups is 1. The number of aryl methyl sites for hydroxylation is 2. The Bertz CT molecular complexity index is 1240. The summed E-state index contributed by atoms with van der Waals surface area (Å²) in [6.07, 6.45) is -1.17. The molecule has 1 saturated heterocycles. The van der Waals surface area contributed by atoms with Crippen LogP contribution in [-0.4, -0.2) is 71.4 Å². The molecule has 0 saturated carbocycles. The number of halogens is 4. The molecule has 3 rings (SSSR count). The number of hydrogen-bond donors (Lipinski definition) is 3. The van der Waals surface area contributed by atoms with Gasteiger partial charge < -0.3 is 26.6 Å². The zero-order chi connectivity index (χ0) is 28.2. The van der Waals surface area contributed by atoms with Crippen LogP contribution in [0.3, 0.4) is 0 Å². The first-order chi connectivity index (χ1) is 17.7. The quantitative estimate of drug-likeness (QED) is 0.348. The van der Waals surface area contributed by atoms with Gasteiger partial charge in [0.25, 0.3) is 0 Å². The number of amides is 1. The first-order valence-electron chi connectivity index (χ1n) is 12.0. The molecule has 13 heteroatoms. The minimum absolute atomic E-state index is 0.0103. The molecule has 2 heterocycles. The summed E-state index contributed by atoms with van der Waals surface area (Å²) in [4.78, 5) is 28.4. The van der Waals surface area contributed by atoms with Gasteiger partial charge in [0.15, 0.2) is 5.82 Å². The molecule has 38 heavy (non-hydrogen) atoms. The number of carbonyl (C=O) groups is 1. The van der Waals surface area contributed by atoms with Crippen LogP contribution in [0.5, 0.6) is 0 Å². The Hall–Kier alpha value is -3.38. The molecule has 0 radical (unpaired) electrons. The van der Waals surface area contributed by atoms with E-state index in [-0.39, 0.29) is 22.7 Å². The molecule has 5 N–H and O–H groups in total. The summed E-state index contributed by atoms with van der Waals surface area (Å²) in [5, 5.41) is 3.13. The van der Waals surface area contributed by atoms with Crippen LogP contribution >= 0.6 is 11.6 Å². The number of anilines is 2. The summed E-state index contributed by atoms with van der Waals surface area (Å²) in [5.41, 5.74) is 13.2. The lowest BCUT2D eigenvalue weighted by Gasteiger charge is -2.33. The van der Waals surface area contributed by atoms with Crippen LogP contribution < -0.4 is 16.8 Å². The Kier molecular flexibility index (Phi) is 9.21. The van der Waals surface area contributed by atoms with Gasteiger partial charge in [-0.05, 0) is 69.5 Å². The zero-order valence-electron chi connectivity index (χ0n) is 21.7. The number of nitrogens with one attached hydrogen (secondary N) is 1. The van der Waals surface area contributed by atoms with Crippen LogP contribution in [0.4, 0.5) is 30.6 Å². The molecule has 206 valence electrons. The number of carbonyl (C=O) groups excluding carboxylic acids is 1. The normalized spacial score (nSPS) is 15.8. The lowest BCUT2D eigenvalue weighted by Crippen LogP contribution is -2.42. The van der Waals surface area contributed by atoms with Crippen molar-refractivity contribution < 1.29 is 18.0 Å². The van der Waals surface area contributed by atoms with E-state index in [0.29, 0.717) is 18.5 Å². The SMILES string of the molecule is Cc1cc(C2CCN(C(=O)CN(C)C)CC2)c(C)cc1Nc1ncc(Cl)c(N=C(N)/C=C(\N)C(F)(F)F)n1. The van der Waals surface area contributed by atoms with Crippen molar-refractivity contribution in [2.75, 3.05) is 39.0 Å². The van der Waals surface area contributed by atoms with E-state index in [1.807, 2.05) is 43.8 Å². The number of alkyl halides is 3. The molecule has 1 amide bonds. The first-order valence-corrected chi connectivity index (χ1v) is 12.3. The number of nitrogens with zero attached hydrogens (tertiary/aromatic N) is 5. The second kappa shape index (κ2) is 12.0. The molecule has 0 aliphatic carbocycles. The highest BCUT2D eigenvalue weighted by Gasteiger charge is 2.31. The number of aromatic nitrogens is 2. The average molecular weight is 553 g/mol. The van der Waals surface area contributed by atoms with Gasteiger partial charge in [-0.15, -0.1) is 0 Å². The standard InChI is InChI=1S/C25H32ClF3N8O/c1-14-10-19(15(2)9-17(14)16-5-7-37(8-6-16)22(38)13-36(3)4)33-24-32-12-18(26)23(35-24)34-21(31)11-20(30)25(27,28)29/h9-12,16H,5-8,13,30H2,1-4H3,(H3,31,32,33,34,35)/b20-11-. The van der Waals surface area contributed by atoms with Crippen LogP contribution in [-0.2, 0) is 4.79 Å². The number of amidine groups is 1. The zero-order valence-corrected chi connectivity index (χ0v) is 22.5. The Morgan fingerprint density at radius 3 is 2.50 bits per heavy atom. The largest absolute Gasteiger partial charge is 0.430 e. The van der Waals surface area contributed by atoms with E-state index in [4.69, 9.17) is 23.1 Å². The molecule has 1 aliphatic rings. The van der Waals surface area contributed by atoms with Crippen molar-refractivity contribution in [2.24, 2.45) is 16.5 Å². The number of nitrogens with two attached hydrogens (primary N) is 2. The van der Waals surface area contributed by atoms with Crippen LogP contribution in [0, 0.1) is 13.8 Å². The van der Waals surface area contributed by atoms with E-state index in [2.05, 4.69) is 26.3 Å². The fourth-order valence-corrected chi connectivity index (χ4v) is 4.37. The second-order valence-electron chi connectivity index (χ2n) is 9.54. The van der Waals surface area contributed by atoms with E-state index < -0.39 is 17.7 Å². The summed E-state index contributed by atoms with van der Waals surface area (Å²) in [6, 6.07) is 4.12. The molecular weight excluding hydrogens is 521 g/mol. The van der Waals surface area contributed by atoms with Crippen LogP contribution in [0.25, 0.3) is 0 Å². The van der Waals surface area contributed by atoms with Gasteiger partial charge in [-0.25, -0.2) is 9.98 Å². The summed E-state index contributed by atoms with van der Waals surface area (Å²) >= 11 is 6.07. The van der Waals surface area contributed by atoms with Crippen LogP contribution in [0.1, 0.15) is 35.4 Å². The predicted molar refractivity (Wildman–Crippen MR) is 143 cm³/mol. The Morgan fingerprint density at radius 1 is 1.24 bits per heavy atom. The summed E-state index contributed by atoms with van der Waals surface area (Å²) in [6.45, 7) is 5.85. The topological polar surface area (TPSA) is 126 Å².